The van der Waals surface area contributed by atoms with Crippen LogP contribution in [0.25, 0.3) is 0 Å². The molecule has 4 atom stereocenters. The summed E-state index contributed by atoms with van der Waals surface area (Å²) in [7, 11) is 0. The van der Waals surface area contributed by atoms with Crippen LogP contribution in [-0.2, 0) is 25.5 Å². The minimum Gasteiger partial charge on any atom is -0.372 e. The Morgan fingerprint density at radius 2 is 2.00 bits per heavy atom. The highest BCUT2D eigenvalue weighted by molar-refractivity contribution is 6.22. The van der Waals surface area contributed by atoms with Gasteiger partial charge in [0.1, 0.15) is 5.41 Å². The van der Waals surface area contributed by atoms with Crippen molar-refractivity contribution in [3.8, 4) is 0 Å². The molecule has 2 saturated heterocycles. The monoisotopic (exact) mass is 342 g/mol. The fourth-order valence-electron chi connectivity index (χ4n) is 4.73. The topological polar surface area (TPSA) is 75.7 Å². The first-order valence-corrected chi connectivity index (χ1v) is 8.72. The lowest BCUT2D eigenvalue weighted by Gasteiger charge is -2.55. The number of aryl methyl sites for hydroxylation is 1. The van der Waals surface area contributed by atoms with E-state index in [1.54, 1.807) is 0 Å². The van der Waals surface area contributed by atoms with Crippen LogP contribution >= 0.6 is 0 Å². The molecule has 1 N–H and O–H groups in total. The number of rotatable bonds is 0. The summed E-state index contributed by atoms with van der Waals surface area (Å²) in [5, 5.41) is 2.40. The Balaban J connectivity index is 1.92. The number of morpholine rings is 1. The van der Waals surface area contributed by atoms with Gasteiger partial charge in [0.05, 0.1) is 24.7 Å². The van der Waals surface area contributed by atoms with Crippen molar-refractivity contribution in [3.05, 3.63) is 29.3 Å². The van der Waals surface area contributed by atoms with Crippen molar-refractivity contribution in [2.75, 3.05) is 11.4 Å². The van der Waals surface area contributed by atoms with Gasteiger partial charge in [-0.25, -0.2) is 0 Å². The van der Waals surface area contributed by atoms with Gasteiger partial charge in [-0.15, -0.1) is 0 Å². The minimum absolute atomic E-state index is 0.00171. The van der Waals surface area contributed by atoms with E-state index >= 15 is 0 Å². The number of benzene rings is 1. The molecule has 3 aliphatic heterocycles. The van der Waals surface area contributed by atoms with Crippen molar-refractivity contribution < 1.29 is 19.1 Å². The van der Waals surface area contributed by atoms with E-state index in [4.69, 9.17) is 4.74 Å². The number of carbonyl (C=O) groups excluding carboxylic acids is 3. The van der Waals surface area contributed by atoms with Crippen LogP contribution in [0, 0.1) is 12.3 Å². The first-order chi connectivity index (χ1) is 11.8. The summed E-state index contributed by atoms with van der Waals surface area (Å²) in [6.45, 7) is 6.55. The predicted molar refractivity (Wildman–Crippen MR) is 91.2 cm³/mol. The number of nitrogens with one attached hydrogen (secondary N) is 1. The first kappa shape index (κ1) is 16.3. The Morgan fingerprint density at radius 1 is 1.24 bits per heavy atom. The van der Waals surface area contributed by atoms with Crippen LogP contribution in [0.3, 0.4) is 0 Å². The molecule has 132 valence electrons. The number of amides is 2. The number of Topliss-reactive ketones (excluding diaryl/α,β-unsaturated/α-hetero) is 1. The molecule has 2 fully saturated rings. The van der Waals surface area contributed by atoms with E-state index in [9.17, 15) is 14.4 Å². The zero-order valence-corrected chi connectivity index (χ0v) is 14.7. The molecule has 0 aliphatic carbocycles. The van der Waals surface area contributed by atoms with Gasteiger partial charge in [-0.1, -0.05) is 12.1 Å². The molecule has 0 bridgehead atoms. The van der Waals surface area contributed by atoms with Gasteiger partial charge in [-0.05, 0) is 44.4 Å². The molecule has 0 saturated carbocycles. The zero-order chi connectivity index (χ0) is 17.9. The number of anilines is 1. The molecular weight excluding hydrogens is 320 g/mol. The second-order valence-electron chi connectivity index (χ2n) is 7.51. The van der Waals surface area contributed by atoms with Gasteiger partial charge >= 0.3 is 0 Å². The SMILES string of the molecule is Cc1ccc2c(c1)N1C[C@@H](C)O[C@@H](C)[C@@H]1[C@@]1(C2)C(=O)CC(=O)NC1=O. The van der Waals surface area contributed by atoms with E-state index in [0.717, 1.165) is 16.8 Å². The molecule has 0 aromatic heterocycles. The lowest BCUT2D eigenvalue weighted by Crippen LogP contribution is -2.72. The molecule has 6 nitrogen and oxygen atoms in total. The molecule has 25 heavy (non-hydrogen) atoms. The van der Waals surface area contributed by atoms with Gasteiger partial charge in [-0.2, -0.15) is 0 Å². The zero-order valence-electron chi connectivity index (χ0n) is 14.7. The number of hydrogen-bond acceptors (Lipinski definition) is 5. The summed E-state index contributed by atoms with van der Waals surface area (Å²) in [5.41, 5.74) is 1.90. The Morgan fingerprint density at radius 3 is 2.72 bits per heavy atom. The van der Waals surface area contributed by atoms with E-state index in [-0.39, 0.29) is 24.4 Å². The molecular formula is C19H22N2O4. The van der Waals surface area contributed by atoms with Gasteiger partial charge in [0, 0.05) is 12.2 Å². The van der Waals surface area contributed by atoms with Crippen LogP contribution in [0.4, 0.5) is 5.69 Å². The lowest BCUT2D eigenvalue weighted by atomic mass is 9.63. The Kier molecular flexibility index (Phi) is 3.51. The van der Waals surface area contributed by atoms with Crippen molar-refractivity contribution >= 4 is 23.3 Å². The summed E-state index contributed by atoms with van der Waals surface area (Å²) < 4.78 is 5.99. The van der Waals surface area contributed by atoms with E-state index in [1.807, 2.05) is 32.9 Å². The van der Waals surface area contributed by atoms with Crippen molar-refractivity contribution in [3.63, 3.8) is 0 Å². The molecule has 4 rings (SSSR count). The highest BCUT2D eigenvalue weighted by Gasteiger charge is 2.62. The number of ether oxygens (including phenoxy) is 1. The minimum atomic E-state index is -1.27. The largest absolute Gasteiger partial charge is 0.372 e. The van der Waals surface area contributed by atoms with Crippen LogP contribution in [0.15, 0.2) is 18.2 Å². The van der Waals surface area contributed by atoms with E-state index < -0.39 is 23.3 Å². The molecule has 6 heteroatoms. The van der Waals surface area contributed by atoms with Crippen LogP contribution in [-0.4, -0.2) is 42.4 Å². The molecule has 1 aromatic carbocycles. The number of piperidine rings is 1. The Bertz CT molecular complexity index is 768. The second-order valence-corrected chi connectivity index (χ2v) is 7.51. The van der Waals surface area contributed by atoms with E-state index in [2.05, 4.69) is 16.3 Å². The highest BCUT2D eigenvalue weighted by Crippen LogP contribution is 2.47. The first-order valence-electron chi connectivity index (χ1n) is 8.72. The Labute approximate surface area is 146 Å². The molecule has 3 aliphatic rings. The number of carbonyl (C=O) groups is 3. The van der Waals surface area contributed by atoms with Gasteiger partial charge < -0.3 is 9.64 Å². The number of ketones is 1. The maximum Gasteiger partial charge on any atom is 0.242 e. The molecule has 2 amide bonds. The molecule has 1 spiro atoms. The highest BCUT2D eigenvalue weighted by atomic mass is 16.5. The van der Waals surface area contributed by atoms with Gasteiger partial charge in [0.2, 0.25) is 11.8 Å². The predicted octanol–water partition coefficient (Wildman–Crippen LogP) is 1.14. The molecule has 3 heterocycles. The lowest BCUT2D eigenvalue weighted by molar-refractivity contribution is -0.158. The third-order valence-corrected chi connectivity index (χ3v) is 5.68. The summed E-state index contributed by atoms with van der Waals surface area (Å²) >= 11 is 0. The van der Waals surface area contributed by atoms with Gasteiger partial charge in [0.25, 0.3) is 0 Å². The molecule has 1 aromatic rings. The van der Waals surface area contributed by atoms with Crippen molar-refractivity contribution in [2.45, 2.75) is 51.9 Å². The maximum absolute atomic E-state index is 13.0. The average Bonchev–Trinajstić information content (AvgIpc) is 2.52. The summed E-state index contributed by atoms with van der Waals surface area (Å²) in [5.74, 6) is -1.30. The van der Waals surface area contributed by atoms with Crippen LogP contribution < -0.4 is 10.2 Å². The van der Waals surface area contributed by atoms with Gasteiger partial charge in [-0.3, -0.25) is 19.7 Å². The average molecular weight is 342 g/mol. The number of hydrogen-bond donors (Lipinski definition) is 1. The third kappa shape index (κ3) is 2.24. The number of imide groups is 1. The Hall–Kier alpha value is -2.21. The summed E-state index contributed by atoms with van der Waals surface area (Å²) in [4.78, 5) is 39.7. The fraction of sp³-hybridized carbons (Fsp3) is 0.526. The fourth-order valence-corrected chi connectivity index (χ4v) is 4.73. The van der Waals surface area contributed by atoms with E-state index in [1.165, 1.54) is 0 Å². The standard InChI is InChI=1S/C19H22N2O4/c1-10-4-5-13-8-19(15(22)7-16(23)20-18(19)24)17-12(3)25-11(2)9-21(17)14(13)6-10/h4-6,11-12,17H,7-9H2,1-3H3,(H,20,23,24)/t11-,12+,17-,19-/m1/s1. The summed E-state index contributed by atoms with van der Waals surface area (Å²) in [6, 6.07) is 5.69. The quantitative estimate of drug-likeness (QED) is 0.565. The maximum atomic E-state index is 13.0. The second kappa shape index (κ2) is 5.39. The van der Waals surface area contributed by atoms with E-state index in [0.29, 0.717) is 13.0 Å². The van der Waals surface area contributed by atoms with Crippen molar-refractivity contribution in [1.29, 1.82) is 0 Å². The molecule has 0 radical (unpaired) electrons. The van der Waals surface area contributed by atoms with Crippen molar-refractivity contribution in [1.82, 2.24) is 5.32 Å². The van der Waals surface area contributed by atoms with Crippen LogP contribution in [0.2, 0.25) is 0 Å². The third-order valence-electron chi connectivity index (χ3n) is 5.68. The normalized spacial score (nSPS) is 34.6. The van der Waals surface area contributed by atoms with Crippen molar-refractivity contribution in [2.24, 2.45) is 5.41 Å². The smallest absolute Gasteiger partial charge is 0.242 e. The van der Waals surface area contributed by atoms with Crippen LogP contribution in [0.1, 0.15) is 31.4 Å². The molecule has 0 unspecified atom stereocenters. The summed E-state index contributed by atoms with van der Waals surface area (Å²) in [6.07, 6.45) is -0.234. The number of nitrogens with zero attached hydrogens (tertiary/aromatic N) is 1. The van der Waals surface area contributed by atoms with Crippen LogP contribution in [0.5, 0.6) is 0 Å². The van der Waals surface area contributed by atoms with Gasteiger partial charge in [0.15, 0.2) is 5.78 Å². The number of fused-ring (bicyclic) bond motifs is 4.